The SMILES string of the molecule is NC[C@H]1C[C@@H](C2CC2)CO1. The van der Waals surface area contributed by atoms with Gasteiger partial charge in [-0.2, -0.15) is 0 Å². The zero-order valence-corrected chi connectivity index (χ0v) is 6.25. The fourth-order valence-electron chi connectivity index (χ4n) is 1.79. The van der Waals surface area contributed by atoms with Gasteiger partial charge in [0, 0.05) is 6.54 Å². The van der Waals surface area contributed by atoms with Crippen molar-refractivity contribution in [1.29, 1.82) is 0 Å². The minimum atomic E-state index is 0.380. The largest absolute Gasteiger partial charge is 0.377 e. The van der Waals surface area contributed by atoms with Gasteiger partial charge in [-0.05, 0) is 31.1 Å². The van der Waals surface area contributed by atoms with Crippen LogP contribution in [0.15, 0.2) is 0 Å². The van der Waals surface area contributed by atoms with E-state index >= 15 is 0 Å². The van der Waals surface area contributed by atoms with Crippen LogP contribution in [0.4, 0.5) is 0 Å². The Bertz CT molecular complexity index is 122. The van der Waals surface area contributed by atoms with E-state index < -0.39 is 0 Å². The van der Waals surface area contributed by atoms with E-state index in [0.29, 0.717) is 12.6 Å². The number of nitrogens with two attached hydrogens (primary N) is 1. The van der Waals surface area contributed by atoms with E-state index in [4.69, 9.17) is 10.5 Å². The van der Waals surface area contributed by atoms with E-state index in [1.54, 1.807) is 0 Å². The van der Waals surface area contributed by atoms with Crippen molar-refractivity contribution in [2.45, 2.75) is 25.4 Å². The van der Waals surface area contributed by atoms with E-state index in [9.17, 15) is 0 Å². The number of hydrogen-bond acceptors (Lipinski definition) is 2. The molecule has 2 fully saturated rings. The van der Waals surface area contributed by atoms with Gasteiger partial charge in [-0.15, -0.1) is 0 Å². The van der Waals surface area contributed by atoms with Gasteiger partial charge in [0.05, 0.1) is 12.7 Å². The van der Waals surface area contributed by atoms with Crippen LogP contribution in [0.3, 0.4) is 0 Å². The molecule has 0 bridgehead atoms. The van der Waals surface area contributed by atoms with E-state index in [0.717, 1.165) is 18.4 Å². The molecule has 1 aliphatic carbocycles. The average molecular weight is 141 g/mol. The first-order chi connectivity index (χ1) is 4.90. The molecule has 0 spiro atoms. The molecule has 1 saturated carbocycles. The summed E-state index contributed by atoms with van der Waals surface area (Å²) in [5.41, 5.74) is 5.49. The third-order valence-electron chi connectivity index (χ3n) is 2.66. The maximum absolute atomic E-state index is 5.49. The fraction of sp³-hybridized carbons (Fsp3) is 1.00. The molecular weight excluding hydrogens is 126 g/mol. The first-order valence-electron chi connectivity index (χ1n) is 4.22. The van der Waals surface area contributed by atoms with Crippen LogP contribution < -0.4 is 5.73 Å². The van der Waals surface area contributed by atoms with E-state index in [2.05, 4.69) is 0 Å². The van der Waals surface area contributed by atoms with Crippen LogP contribution in [-0.4, -0.2) is 19.3 Å². The maximum Gasteiger partial charge on any atom is 0.0701 e. The van der Waals surface area contributed by atoms with Gasteiger partial charge < -0.3 is 10.5 Å². The van der Waals surface area contributed by atoms with Crippen LogP contribution >= 0.6 is 0 Å². The van der Waals surface area contributed by atoms with Gasteiger partial charge in [-0.25, -0.2) is 0 Å². The Morgan fingerprint density at radius 2 is 2.10 bits per heavy atom. The zero-order valence-electron chi connectivity index (χ0n) is 6.25. The Labute approximate surface area is 61.7 Å². The van der Waals surface area contributed by atoms with Gasteiger partial charge in [-0.3, -0.25) is 0 Å². The van der Waals surface area contributed by atoms with Crippen molar-refractivity contribution in [3.05, 3.63) is 0 Å². The predicted molar refractivity (Wildman–Crippen MR) is 39.6 cm³/mol. The fourth-order valence-corrected chi connectivity index (χ4v) is 1.79. The highest BCUT2D eigenvalue weighted by Crippen LogP contribution is 2.41. The van der Waals surface area contributed by atoms with E-state index in [1.807, 2.05) is 0 Å². The molecule has 2 N–H and O–H groups in total. The highest BCUT2D eigenvalue weighted by Gasteiger charge is 2.36. The van der Waals surface area contributed by atoms with Gasteiger partial charge in [0.1, 0.15) is 0 Å². The van der Waals surface area contributed by atoms with Crippen LogP contribution in [0.5, 0.6) is 0 Å². The first kappa shape index (κ1) is 6.62. The highest BCUT2D eigenvalue weighted by molar-refractivity contribution is 4.86. The predicted octanol–water partition coefficient (Wildman–Crippen LogP) is 0.760. The Hall–Kier alpha value is -0.0800. The molecule has 2 atom stereocenters. The number of hydrogen-bond donors (Lipinski definition) is 1. The molecule has 0 radical (unpaired) electrons. The van der Waals surface area contributed by atoms with E-state index in [-0.39, 0.29) is 0 Å². The summed E-state index contributed by atoms with van der Waals surface area (Å²) in [7, 11) is 0. The molecule has 58 valence electrons. The Balaban J connectivity index is 1.81. The summed E-state index contributed by atoms with van der Waals surface area (Å²) in [5.74, 6) is 1.85. The van der Waals surface area contributed by atoms with Crippen LogP contribution in [0.25, 0.3) is 0 Å². The quantitative estimate of drug-likeness (QED) is 0.616. The molecule has 1 aliphatic heterocycles. The minimum absolute atomic E-state index is 0.380. The lowest BCUT2D eigenvalue weighted by atomic mass is 10.0. The third-order valence-corrected chi connectivity index (χ3v) is 2.66. The standard InChI is InChI=1S/C8H15NO/c9-4-8-3-7(5-10-8)6-1-2-6/h6-8H,1-5,9H2/t7-,8-/m1/s1. The molecule has 0 aromatic rings. The van der Waals surface area contributed by atoms with Gasteiger partial charge in [0.15, 0.2) is 0 Å². The lowest BCUT2D eigenvalue weighted by Gasteiger charge is -2.03. The Kier molecular flexibility index (Phi) is 1.66. The highest BCUT2D eigenvalue weighted by atomic mass is 16.5. The topological polar surface area (TPSA) is 35.2 Å². The zero-order chi connectivity index (χ0) is 6.97. The number of ether oxygens (including phenoxy) is 1. The molecule has 1 heterocycles. The Morgan fingerprint density at radius 3 is 2.60 bits per heavy atom. The van der Waals surface area contributed by atoms with Crippen molar-refractivity contribution >= 4 is 0 Å². The molecular formula is C8H15NO. The van der Waals surface area contributed by atoms with Crippen LogP contribution in [0.2, 0.25) is 0 Å². The molecule has 2 rings (SSSR count). The Morgan fingerprint density at radius 1 is 1.30 bits per heavy atom. The van der Waals surface area contributed by atoms with Crippen molar-refractivity contribution in [3.63, 3.8) is 0 Å². The maximum atomic E-state index is 5.49. The van der Waals surface area contributed by atoms with Gasteiger partial charge in [0.2, 0.25) is 0 Å². The van der Waals surface area contributed by atoms with Crippen LogP contribution in [0, 0.1) is 11.8 Å². The second-order valence-corrected chi connectivity index (χ2v) is 3.52. The van der Waals surface area contributed by atoms with Gasteiger partial charge >= 0.3 is 0 Å². The second kappa shape index (κ2) is 2.51. The van der Waals surface area contributed by atoms with Gasteiger partial charge in [0.25, 0.3) is 0 Å². The molecule has 1 saturated heterocycles. The normalized spacial score (nSPS) is 40.5. The van der Waals surface area contributed by atoms with Crippen LogP contribution in [0.1, 0.15) is 19.3 Å². The summed E-state index contributed by atoms with van der Waals surface area (Å²) in [4.78, 5) is 0. The second-order valence-electron chi connectivity index (χ2n) is 3.52. The smallest absolute Gasteiger partial charge is 0.0701 e. The van der Waals surface area contributed by atoms with Crippen molar-refractivity contribution in [1.82, 2.24) is 0 Å². The summed E-state index contributed by atoms with van der Waals surface area (Å²) in [6, 6.07) is 0. The van der Waals surface area contributed by atoms with E-state index in [1.165, 1.54) is 19.3 Å². The van der Waals surface area contributed by atoms with Crippen LogP contribution in [-0.2, 0) is 4.74 Å². The molecule has 2 heteroatoms. The van der Waals surface area contributed by atoms with Crippen molar-refractivity contribution in [3.8, 4) is 0 Å². The third kappa shape index (κ3) is 1.18. The minimum Gasteiger partial charge on any atom is -0.377 e. The molecule has 0 unspecified atom stereocenters. The van der Waals surface area contributed by atoms with Crippen molar-refractivity contribution in [2.75, 3.05) is 13.2 Å². The average Bonchev–Trinajstić information content (AvgIpc) is 2.70. The summed E-state index contributed by atoms with van der Waals surface area (Å²) in [6.45, 7) is 1.69. The molecule has 2 nitrogen and oxygen atoms in total. The van der Waals surface area contributed by atoms with Crippen molar-refractivity contribution < 1.29 is 4.74 Å². The van der Waals surface area contributed by atoms with Gasteiger partial charge in [-0.1, -0.05) is 0 Å². The summed E-state index contributed by atoms with van der Waals surface area (Å²) in [6.07, 6.45) is 4.48. The molecule has 0 aromatic carbocycles. The lowest BCUT2D eigenvalue weighted by molar-refractivity contribution is 0.111. The number of rotatable bonds is 2. The first-order valence-corrected chi connectivity index (χ1v) is 4.22. The van der Waals surface area contributed by atoms with Crippen molar-refractivity contribution in [2.24, 2.45) is 17.6 Å². The summed E-state index contributed by atoms with van der Waals surface area (Å²) >= 11 is 0. The summed E-state index contributed by atoms with van der Waals surface area (Å²) < 4.78 is 5.49. The summed E-state index contributed by atoms with van der Waals surface area (Å²) in [5, 5.41) is 0. The molecule has 0 aromatic heterocycles. The molecule has 10 heavy (non-hydrogen) atoms. The molecule has 0 amide bonds. The molecule has 2 aliphatic rings. The lowest BCUT2D eigenvalue weighted by Crippen LogP contribution is -2.18. The monoisotopic (exact) mass is 141 g/mol.